The van der Waals surface area contributed by atoms with Crippen LogP contribution in [-0.2, 0) is 12.0 Å². The quantitative estimate of drug-likeness (QED) is 0.835. The van der Waals surface area contributed by atoms with Gasteiger partial charge in [0.15, 0.2) is 0 Å². The molecule has 0 unspecified atom stereocenters. The summed E-state index contributed by atoms with van der Waals surface area (Å²) in [5, 5.41) is 0. The van der Waals surface area contributed by atoms with E-state index < -0.39 is 17.2 Å². The Kier molecular flexibility index (Phi) is 2.77. The molecule has 1 fully saturated rings. The van der Waals surface area contributed by atoms with Gasteiger partial charge in [0.05, 0.1) is 6.61 Å². The van der Waals surface area contributed by atoms with Crippen molar-refractivity contribution in [2.24, 2.45) is 5.73 Å². The highest BCUT2D eigenvalue weighted by molar-refractivity contribution is 5.44. The summed E-state index contributed by atoms with van der Waals surface area (Å²) in [6.07, 6.45) is 4.77. The topological polar surface area (TPSA) is 35.2 Å². The molecular formula is C14H17F2NO. The van der Waals surface area contributed by atoms with Crippen molar-refractivity contribution < 1.29 is 13.5 Å². The third-order valence-electron chi connectivity index (χ3n) is 4.13. The molecule has 18 heavy (non-hydrogen) atoms. The zero-order chi connectivity index (χ0) is 12.8. The van der Waals surface area contributed by atoms with Crippen molar-refractivity contribution in [1.29, 1.82) is 0 Å². The van der Waals surface area contributed by atoms with Crippen LogP contribution in [0.1, 0.15) is 43.2 Å². The van der Waals surface area contributed by atoms with E-state index in [-0.39, 0.29) is 5.56 Å². The fraction of sp³-hybridized carbons (Fsp3) is 0.571. The van der Waals surface area contributed by atoms with Gasteiger partial charge < -0.3 is 10.5 Å². The summed E-state index contributed by atoms with van der Waals surface area (Å²) in [5.74, 6) is -0.697. The van der Waals surface area contributed by atoms with Crippen molar-refractivity contribution in [3.63, 3.8) is 0 Å². The van der Waals surface area contributed by atoms with Gasteiger partial charge in [-0.25, -0.2) is 8.78 Å². The van der Waals surface area contributed by atoms with Gasteiger partial charge in [0, 0.05) is 29.2 Å². The minimum atomic E-state index is -0.843. The molecule has 1 aromatic rings. The van der Waals surface area contributed by atoms with Crippen LogP contribution < -0.4 is 10.5 Å². The number of ether oxygens (including phenoxy) is 1. The standard InChI is InChI=1S/C14H17F2NO/c15-10-8-11-9(4-7-18-11)13(16)12(10)14(17)5-2-1-3-6-14/h8H,1-7,17H2. The molecule has 0 radical (unpaired) electrons. The lowest BCUT2D eigenvalue weighted by Gasteiger charge is -2.34. The molecular weight excluding hydrogens is 236 g/mol. The van der Waals surface area contributed by atoms with Crippen molar-refractivity contribution >= 4 is 0 Å². The molecule has 0 amide bonds. The Morgan fingerprint density at radius 3 is 2.61 bits per heavy atom. The molecule has 3 rings (SSSR count). The van der Waals surface area contributed by atoms with Crippen molar-refractivity contribution in [2.45, 2.75) is 44.1 Å². The summed E-state index contributed by atoms with van der Waals surface area (Å²) in [5.41, 5.74) is 5.98. The largest absolute Gasteiger partial charge is 0.493 e. The molecule has 0 atom stereocenters. The predicted molar refractivity (Wildman–Crippen MR) is 64.5 cm³/mol. The van der Waals surface area contributed by atoms with E-state index in [9.17, 15) is 8.78 Å². The summed E-state index contributed by atoms with van der Waals surface area (Å²) in [6.45, 7) is 0.423. The molecule has 2 N–H and O–H groups in total. The molecule has 1 saturated carbocycles. The second-order valence-electron chi connectivity index (χ2n) is 5.34. The molecule has 2 aliphatic rings. The van der Waals surface area contributed by atoms with Gasteiger partial charge in [0.2, 0.25) is 0 Å². The Bertz CT molecular complexity index is 481. The molecule has 2 nitrogen and oxygen atoms in total. The van der Waals surface area contributed by atoms with Crippen LogP contribution in [0.15, 0.2) is 6.07 Å². The highest BCUT2D eigenvalue weighted by Gasteiger charge is 2.37. The number of rotatable bonds is 1. The van der Waals surface area contributed by atoms with Gasteiger partial charge >= 0.3 is 0 Å². The Balaban J connectivity index is 2.11. The van der Waals surface area contributed by atoms with Crippen molar-refractivity contribution in [3.8, 4) is 5.75 Å². The van der Waals surface area contributed by atoms with Crippen LogP contribution in [0.2, 0.25) is 0 Å². The SMILES string of the molecule is NC1(c2c(F)cc3c(c2F)CCO3)CCCCC1. The van der Waals surface area contributed by atoms with Gasteiger partial charge in [-0.2, -0.15) is 0 Å². The zero-order valence-corrected chi connectivity index (χ0v) is 10.3. The molecule has 1 heterocycles. The Labute approximate surface area is 105 Å². The summed E-state index contributed by atoms with van der Waals surface area (Å²) in [6, 6.07) is 1.30. The van der Waals surface area contributed by atoms with Crippen LogP contribution in [0.4, 0.5) is 8.78 Å². The smallest absolute Gasteiger partial charge is 0.138 e. The van der Waals surface area contributed by atoms with E-state index >= 15 is 0 Å². The first-order valence-electron chi connectivity index (χ1n) is 6.55. The lowest BCUT2D eigenvalue weighted by molar-refractivity contribution is 0.281. The Morgan fingerprint density at radius 2 is 1.89 bits per heavy atom. The van der Waals surface area contributed by atoms with Crippen LogP contribution in [0.5, 0.6) is 5.75 Å². The van der Waals surface area contributed by atoms with Gasteiger partial charge in [0.1, 0.15) is 17.4 Å². The van der Waals surface area contributed by atoms with Crippen molar-refractivity contribution in [2.75, 3.05) is 6.61 Å². The zero-order valence-electron chi connectivity index (χ0n) is 10.3. The molecule has 0 spiro atoms. The third kappa shape index (κ3) is 1.70. The highest BCUT2D eigenvalue weighted by Crippen LogP contribution is 2.41. The summed E-state index contributed by atoms with van der Waals surface area (Å²) in [4.78, 5) is 0. The number of nitrogens with two attached hydrogens (primary N) is 1. The van der Waals surface area contributed by atoms with Crippen molar-refractivity contribution in [3.05, 3.63) is 28.8 Å². The molecule has 1 aliphatic heterocycles. The van der Waals surface area contributed by atoms with E-state index in [0.29, 0.717) is 37.2 Å². The number of hydrogen-bond acceptors (Lipinski definition) is 2. The van der Waals surface area contributed by atoms with Gasteiger partial charge in [-0.3, -0.25) is 0 Å². The fourth-order valence-electron chi connectivity index (χ4n) is 3.15. The minimum Gasteiger partial charge on any atom is -0.493 e. The van der Waals surface area contributed by atoms with Crippen LogP contribution in [0.3, 0.4) is 0 Å². The van der Waals surface area contributed by atoms with Gasteiger partial charge in [0.25, 0.3) is 0 Å². The molecule has 4 heteroatoms. The first-order valence-corrected chi connectivity index (χ1v) is 6.55. The molecule has 1 aromatic carbocycles. The fourth-order valence-corrected chi connectivity index (χ4v) is 3.15. The van der Waals surface area contributed by atoms with E-state index in [1.807, 2.05) is 0 Å². The summed E-state index contributed by atoms with van der Waals surface area (Å²) < 4.78 is 33.8. The van der Waals surface area contributed by atoms with Gasteiger partial charge in [-0.1, -0.05) is 19.3 Å². The molecule has 0 saturated heterocycles. The maximum absolute atomic E-state index is 14.5. The van der Waals surface area contributed by atoms with Crippen LogP contribution >= 0.6 is 0 Å². The number of halogens is 2. The summed E-state index contributed by atoms with van der Waals surface area (Å²) in [7, 11) is 0. The number of hydrogen-bond donors (Lipinski definition) is 1. The van der Waals surface area contributed by atoms with Crippen LogP contribution in [0.25, 0.3) is 0 Å². The maximum Gasteiger partial charge on any atom is 0.138 e. The second kappa shape index (κ2) is 4.19. The van der Waals surface area contributed by atoms with E-state index in [4.69, 9.17) is 10.5 Å². The molecule has 1 aliphatic carbocycles. The minimum absolute atomic E-state index is 0.0754. The van der Waals surface area contributed by atoms with Crippen LogP contribution in [0, 0.1) is 11.6 Å². The normalized spacial score (nSPS) is 21.5. The Morgan fingerprint density at radius 1 is 1.17 bits per heavy atom. The predicted octanol–water partition coefficient (Wildman–Crippen LogP) is 3.02. The second-order valence-corrected chi connectivity index (χ2v) is 5.34. The lowest BCUT2D eigenvalue weighted by atomic mass is 9.76. The average molecular weight is 253 g/mol. The monoisotopic (exact) mass is 253 g/mol. The molecule has 0 bridgehead atoms. The van der Waals surface area contributed by atoms with Crippen molar-refractivity contribution in [1.82, 2.24) is 0 Å². The average Bonchev–Trinajstić information content (AvgIpc) is 2.77. The van der Waals surface area contributed by atoms with Gasteiger partial charge in [-0.15, -0.1) is 0 Å². The molecule has 98 valence electrons. The molecule has 0 aromatic heterocycles. The number of benzene rings is 1. The van der Waals surface area contributed by atoms with Gasteiger partial charge in [-0.05, 0) is 12.8 Å². The number of fused-ring (bicyclic) bond motifs is 1. The first kappa shape index (κ1) is 11.9. The van der Waals surface area contributed by atoms with E-state index in [2.05, 4.69) is 0 Å². The third-order valence-corrected chi connectivity index (χ3v) is 4.13. The van der Waals surface area contributed by atoms with Crippen LogP contribution in [-0.4, -0.2) is 6.61 Å². The van der Waals surface area contributed by atoms with E-state index in [1.54, 1.807) is 0 Å². The summed E-state index contributed by atoms with van der Waals surface area (Å²) >= 11 is 0. The van der Waals surface area contributed by atoms with E-state index in [0.717, 1.165) is 19.3 Å². The Hall–Kier alpha value is -1.16. The van der Waals surface area contributed by atoms with E-state index in [1.165, 1.54) is 6.07 Å². The maximum atomic E-state index is 14.5. The first-order chi connectivity index (χ1) is 8.62. The highest BCUT2D eigenvalue weighted by atomic mass is 19.1. The lowest BCUT2D eigenvalue weighted by Crippen LogP contribution is -2.40.